The quantitative estimate of drug-likeness (QED) is 0.551. The van der Waals surface area contributed by atoms with Crippen LogP contribution in [0, 0.1) is 0 Å². The molecule has 29 heavy (non-hydrogen) atoms. The van der Waals surface area contributed by atoms with Gasteiger partial charge in [0.2, 0.25) is 5.91 Å². The Morgan fingerprint density at radius 1 is 1.24 bits per heavy atom. The van der Waals surface area contributed by atoms with Gasteiger partial charge in [0.1, 0.15) is 12.3 Å². The number of thiophene rings is 1. The van der Waals surface area contributed by atoms with E-state index >= 15 is 0 Å². The summed E-state index contributed by atoms with van der Waals surface area (Å²) < 4.78 is 6.52. The Balaban J connectivity index is 1.66. The lowest BCUT2D eigenvalue weighted by atomic mass is 10.0. The fraction of sp³-hybridized carbons (Fsp3) is 0.143. The number of nitrogens with zero attached hydrogens (tertiary/aromatic N) is 1. The van der Waals surface area contributed by atoms with Crippen molar-refractivity contribution in [2.45, 2.75) is 6.04 Å². The molecule has 8 heteroatoms. The predicted octanol–water partition coefficient (Wildman–Crippen LogP) is 5.11. The lowest BCUT2D eigenvalue weighted by Crippen LogP contribution is -2.41. The first-order chi connectivity index (χ1) is 14.0. The number of carbonyl (C=O) groups is 2. The average Bonchev–Trinajstić information content (AvgIpc) is 3.18. The Morgan fingerprint density at radius 2 is 2.03 bits per heavy atom. The predicted molar refractivity (Wildman–Crippen MR) is 118 cm³/mol. The third kappa shape index (κ3) is 4.47. The van der Waals surface area contributed by atoms with E-state index in [0.717, 1.165) is 14.9 Å². The summed E-state index contributed by atoms with van der Waals surface area (Å²) in [7, 11) is 0. The summed E-state index contributed by atoms with van der Waals surface area (Å²) in [6.45, 7) is -0.238. The molecule has 1 aliphatic rings. The van der Waals surface area contributed by atoms with Crippen LogP contribution in [0.5, 0.6) is 5.75 Å². The van der Waals surface area contributed by atoms with Gasteiger partial charge in [-0.2, -0.15) is 0 Å². The SMILES string of the molecule is O=C1CN(C(=O)COc2ccc(Cl)cc2)C(c2cccs2)c2cc(Br)ccc2N1. The zero-order valence-electron chi connectivity index (χ0n) is 15.1. The smallest absolute Gasteiger partial charge is 0.261 e. The highest BCUT2D eigenvalue weighted by Gasteiger charge is 2.34. The molecule has 5 nitrogen and oxygen atoms in total. The van der Waals surface area contributed by atoms with Crippen molar-refractivity contribution in [3.05, 3.63) is 79.9 Å². The summed E-state index contributed by atoms with van der Waals surface area (Å²) in [6.07, 6.45) is 0. The average molecular weight is 492 g/mol. The summed E-state index contributed by atoms with van der Waals surface area (Å²) in [6, 6.07) is 16.0. The van der Waals surface area contributed by atoms with Gasteiger partial charge in [-0.05, 0) is 53.9 Å². The molecule has 1 aliphatic heterocycles. The minimum Gasteiger partial charge on any atom is -0.484 e. The van der Waals surface area contributed by atoms with E-state index in [4.69, 9.17) is 16.3 Å². The first kappa shape index (κ1) is 19.9. The maximum absolute atomic E-state index is 13.1. The molecule has 0 saturated heterocycles. The summed E-state index contributed by atoms with van der Waals surface area (Å²) in [5.41, 5.74) is 1.55. The molecule has 1 N–H and O–H groups in total. The second-order valence-electron chi connectivity index (χ2n) is 6.46. The summed E-state index contributed by atoms with van der Waals surface area (Å²) in [4.78, 5) is 28.2. The van der Waals surface area contributed by atoms with Gasteiger partial charge in [-0.3, -0.25) is 9.59 Å². The van der Waals surface area contributed by atoms with Crippen LogP contribution in [0.1, 0.15) is 16.5 Å². The Morgan fingerprint density at radius 3 is 2.76 bits per heavy atom. The van der Waals surface area contributed by atoms with E-state index in [0.29, 0.717) is 16.5 Å². The van der Waals surface area contributed by atoms with Crippen molar-refractivity contribution in [2.24, 2.45) is 0 Å². The van der Waals surface area contributed by atoms with E-state index < -0.39 is 0 Å². The number of nitrogens with one attached hydrogen (secondary N) is 1. The number of anilines is 1. The molecule has 0 fully saturated rings. The number of carbonyl (C=O) groups excluding carboxylic acids is 2. The van der Waals surface area contributed by atoms with Crippen molar-refractivity contribution < 1.29 is 14.3 Å². The molecule has 2 heterocycles. The molecule has 0 saturated carbocycles. The number of ether oxygens (including phenoxy) is 1. The second-order valence-corrected chi connectivity index (χ2v) is 8.79. The third-order valence-electron chi connectivity index (χ3n) is 4.52. The van der Waals surface area contributed by atoms with E-state index in [2.05, 4.69) is 21.2 Å². The number of fused-ring (bicyclic) bond motifs is 1. The van der Waals surface area contributed by atoms with Gasteiger partial charge >= 0.3 is 0 Å². The van der Waals surface area contributed by atoms with E-state index in [1.54, 1.807) is 40.5 Å². The molecule has 2 amide bonds. The molecular formula is C21H16BrClN2O3S. The Kier molecular flexibility index (Phi) is 5.89. The monoisotopic (exact) mass is 490 g/mol. The fourth-order valence-corrected chi connectivity index (χ4v) is 4.58. The Hall–Kier alpha value is -2.35. The second kappa shape index (κ2) is 8.57. The number of halogens is 2. The van der Waals surface area contributed by atoms with Crippen molar-refractivity contribution in [1.82, 2.24) is 4.90 Å². The van der Waals surface area contributed by atoms with Crippen molar-refractivity contribution in [3.8, 4) is 5.75 Å². The van der Waals surface area contributed by atoms with E-state index in [-0.39, 0.29) is 31.0 Å². The van der Waals surface area contributed by atoms with Crippen LogP contribution in [0.4, 0.5) is 5.69 Å². The van der Waals surface area contributed by atoms with Crippen LogP contribution in [0.25, 0.3) is 0 Å². The van der Waals surface area contributed by atoms with Crippen LogP contribution in [0.15, 0.2) is 64.5 Å². The van der Waals surface area contributed by atoms with Crippen LogP contribution in [0.2, 0.25) is 5.02 Å². The largest absolute Gasteiger partial charge is 0.484 e. The molecule has 0 aliphatic carbocycles. The molecule has 0 radical (unpaired) electrons. The van der Waals surface area contributed by atoms with Gasteiger partial charge in [0, 0.05) is 25.6 Å². The first-order valence-electron chi connectivity index (χ1n) is 8.82. The summed E-state index contributed by atoms with van der Waals surface area (Å²) in [5.74, 6) is 0.0200. The highest BCUT2D eigenvalue weighted by atomic mass is 79.9. The third-order valence-corrected chi connectivity index (χ3v) is 6.19. The lowest BCUT2D eigenvalue weighted by Gasteiger charge is -2.29. The zero-order chi connectivity index (χ0) is 20.4. The van der Waals surface area contributed by atoms with E-state index in [1.807, 2.05) is 35.7 Å². The van der Waals surface area contributed by atoms with Gasteiger partial charge in [-0.25, -0.2) is 0 Å². The summed E-state index contributed by atoms with van der Waals surface area (Å²) in [5, 5.41) is 5.45. The van der Waals surface area contributed by atoms with E-state index in [1.165, 1.54) is 0 Å². The van der Waals surface area contributed by atoms with Crippen molar-refractivity contribution in [1.29, 1.82) is 0 Å². The van der Waals surface area contributed by atoms with Crippen molar-refractivity contribution in [3.63, 3.8) is 0 Å². The fourth-order valence-electron chi connectivity index (χ4n) is 3.22. The van der Waals surface area contributed by atoms with Crippen LogP contribution in [-0.4, -0.2) is 29.9 Å². The molecule has 1 aromatic heterocycles. The van der Waals surface area contributed by atoms with Crippen LogP contribution < -0.4 is 10.1 Å². The van der Waals surface area contributed by atoms with Gasteiger partial charge in [0.15, 0.2) is 6.61 Å². The van der Waals surface area contributed by atoms with Gasteiger partial charge in [-0.1, -0.05) is 33.6 Å². The first-order valence-corrected chi connectivity index (χ1v) is 10.9. The molecule has 148 valence electrons. The van der Waals surface area contributed by atoms with Gasteiger partial charge < -0.3 is 15.0 Å². The molecule has 0 spiro atoms. The lowest BCUT2D eigenvalue weighted by molar-refractivity contribution is -0.138. The Bertz CT molecular complexity index is 1040. The van der Waals surface area contributed by atoms with Gasteiger partial charge in [0.25, 0.3) is 5.91 Å². The molecule has 1 unspecified atom stereocenters. The number of hydrogen-bond donors (Lipinski definition) is 1. The minimum atomic E-state index is -0.386. The van der Waals surface area contributed by atoms with E-state index in [9.17, 15) is 9.59 Å². The number of benzene rings is 2. The molecule has 4 rings (SSSR count). The van der Waals surface area contributed by atoms with Gasteiger partial charge in [-0.15, -0.1) is 11.3 Å². The number of rotatable bonds is 4. The standard InChI is InChI=1S/C21H16BrClN2O3S/c22-13-3-8-17-16(10-13)21(18-2-1-9-29-18)25(11-19(26)24-17)20(27)12-28-15-6-4-14(23)5-7-15/h1-10,21H,11-12H2,(H,24,26). The van der Waals surface area contributed by atoms with Crippen LogP contribution >= 0.6 is 38.9 Å². The molecule has 0 bridgehead atoms. The van der Waals surface area contributed by atoms with Crippen molar-refractivity contribution in [2.75, 3.05) is 18.5 Å². The maximum atomic E-state index is 13.1. The molecule has 1 atom stereocenters. The molecule has 3 aromatic rings. The Labute approximate surface area is 185 Å². The number of hydrogen-bond acceptors (Lipinski definition) is 4. The maximum Gasteiger partial charge on any atom is 0.261 e. The summed E-state index contributed by atoms with van der Waals surface area (Å²) >= 11 is 10.9. The minimum absolute atomic E-state index is 0.0579. The zero-order valence-corrected chi connectivity index (χ0v) is 18.3. The normalized spacial score (nSPS) is 16.0. The highest BCUT2D eigenvalue weighted by molar-refractivity contribution is 9.10. The topological polar surface area (TPSA) is 58.6 Å². The van der Waals surface area contributed by atoms with Crippen molar-refractivity contribution >= 4 is 56.4 Å². The van der Waals surface area contributed by atoms with Gasteiger partial charge in [0.05, 0.1) is 6.04 Å². The van der Waals surface area contributed by atoms with Crippen LogP contribution in [-0.2, 0) is 9.59 Å². The molecule has 2 aromatic carbocycles. The molecular weight excluding hydrogens is 476 g/mol. The number of amides is 2. The van der Waals surface area contributed by atoms with Crippen LogP contribution in [0.3, 0.4) is 0 Å². The highest BCUT2D eigenvalue weighted by Crippen LogP contribution is 2.39.